The van der Waals surface area contributed by atoms with E-state index in [2.05, 4.69) is 10.5 Å². The van der Waals surface area contributed by atoms with Gasteiger partial charge in [-0.3, -0.25) is 0 Å². The normalized spacial score (nSPS) is 24.5. The lowest BCUT2D eigenvalue weighted by molar-refractivity contribution is -0.133. The van der Waals surface area contributed by atoms with Gasteiger partial charge in [0, 0.05) is 6.54 Å². The highest BCUT2D eigenvalue weighted by atomic mass is 19.4. The van der Waals surface area contributed by atoms with Crippen LogP contribution in [0.3, 0.4) is 0 Å². The average molecular weight is 280 g/mol. The summed E-state index contributed by atoms with van der Waals surface area (Å²) in [5, 5.41) is 15.1. The van der Waals surface area contributed by atoms with Crippen LogP contribution in [0, 0.1) is 11.8 Å². The molecule has 1 saturated carbocycles. The molecule has 0 spiro atoms. The van der Waals surface area contributed by atoms with E-state index in [4.69, 9.17) is 5.02 Å². The van der Waals surface area contributed by atoms with Crippen molar-refractivity contribution >= 4 is 7.05 Å². The zero-order chi connectivity index (χ0) is 14.3. The molecule has 0 aromatic rings. The van der Waals surface area contributed by atoms with E-state index in [0.29, 0.717) is 18.4 Å². The van der Waals surface area contributed by atoms with E-state index < -0.39 is 19.6 Å². The molecule has 1 rings (SSSR count). The quantitative estimate of drug-likeness (QED) is 0.494. The van der Waals surface area contributed by atoms with Gasteiger partial charge in [-0.25, -0.2) is 0 Å². The predicted molar refractivity (Wildman–Crippen MR) is 70.8 cm³/mol. The van der Waals surface area contributed by atoms with Gasteiger partial charge in [-0.15, -0.1) is 0 Å². The molecule has 1 fully saturated rings. The minimum absolute atomic E-state index is 0.0105. The Bertz CT molecular complexity index is 252. The molecule has 0 saturated heterocycles. The first kappa shape index (κ1) is 16.8. The van der Waals surface area contributed by atoms with Crippen LogP contribution in [-0.4, -0.2) is 37.9 Å². The number of hydrogen-bond donors (Lipinski definition) is 3. The van der Waals surface area contributed by atoms with E-state index in [9.17, 15) is 13.2 Å². The molecule has 0 aromatic heterocycles. The molecule has 0 radical (unpaired) electrons. The van der Waals surface area contributed by atoms with Gasteiger partial charge in [0.05, 0.1) is 6.42 Å². The molecule has 0 bridgehead atoms. The maximum atomic E-state index is 12.0. The second-order valence-electron chi connectivity index (χ2n) is 5.55. The summed E-state index contributed by atoms with van der Waals surface area (Å²) in [6.45, 7) is 3.16. The van der Waals surface area contributed by atoms with Crippen molar-refractivity contribution in [3.05, 3.63) is 0 Å². The lowest BCUT2D eigenvalue weighted by atomic mass is 9.79. The Morgan fingerprint density at radius 1 is 1.21 bits per heavy atom. The molecule has 1 aliphatic rings. The van der Waals surface area contributed by atoms with Crippen LogP contribution in [0.4, 0.5) is 13.2 Å². The van der Waals surface area contributed by atoms with Gasteiger partial charge >= 0.3 is 13.2 Å². The molecule has 7 heteroatoms. The fraction of sp³-hybridized carbons (Fsp3) is 1.00. The smallest absolute Gasteiger partial charge is 0.390 e. The Morgan fingerprint density at radius 3 is 2.42 bits per heavy atom. The first-order valence-electron chi connectivity index (χ1n) is 7.05. The van der Waals surface area contributed by atoms with E-state index in [0.717, 1.165) is 32.2 Å². The molecule has 0 aromatic carbocycles. The van der Waals surface area contributed by atoms with Crippen LogP contribution >= 0.6 is 0 Å². The topological polar surface area (TPSA) is 44.3 Å². The lowest BCUT2D eigenvalue weighted by Crippen LogP contribution is -2.37. The highest BCUT2D eigenvalue weighted by molar-refractivity contribution is 6.45. The van der Waals surface area contributed by atoms with Gasteiger partial charge < -0.3 is 15.6 Å². The number of hydrogen-bond acceptors (Lipinski definition) is 3. The van der Waals surface area contributed by atoms with Crippen molar-refractivity contribution < 1.29 is 18.2 Å². The Balaban J connectivity index is 2.13. The van der Waals surface area contributed by atoms with Crippen molar-refractivity contribution in [1.29, 1.82) is 0 Å². The minimum atomic E-state index is -4.07. The third-order valence-corrected chi connectivity index (χ3v) is 3.61. The van der Waals surface area contributed by atoms with Gasteiger partial charge in [-0.2, -0.15) is 13.2 Å². The number of rotatable bonds is 7. The fourth-order valence-corrected chi connectivity index (χ4v) is 2.65. The molecule has 19 heavy (non-hydrogen) atoms. The third kappa shape index (κ3) is 8.50. The largest absolute Gasteiger partial charge is 0.437 e. The van der Waals surface area contributed by atoms with Crippen LogP contribution in [0.25, 0.3) is 0 Å². The molecule has 0 amide bonds. The van der Waals surface area contributed by atoms with Crippen molar-refractivity contribution in [3.63, 3.8) is 0 Å². The van der Waals surface area contributed by atoms with Crippen molar-refractivity contribution in [1.82, 2.24) is 10.5 Å². The summed E-state index contributed by atoms with van der Waals surface area (Å²) in [7, 11) is -0.495. The average Bonchev–Trinajstić information content (AvgIpc) is 2.32. The number of nitrogens with one attached hydrogen (secondary N) is 2. The molecule has 3 N–H and O–H groups in total. The standard InChI is InChI=1S/C12H24BF3N2O/c1-13(19)18-9-11-4-2-3-10(7-11)8-17-6-5-12(14,15)16/h10-11,17-19H,2-9H2,1H3/t10-,11+/m0/s1. The summed E-state index contributed by atoms with van der Waals surface area (Å²) in [6.07, 6.45) is -0.449. The molecule has 112 valence electrons. The van der Waals surface area contributed by atoms with Crippen LogP contribution < -0.4 is 10.5 Å². The molecular formula is C12H24BF3N2O. The molecule has 0 aliphatic heterocycles. The Hall–Kier alpha value is -0.265. The first-order valence-corrected chi connectivity index (χ1v) is 7.05. The molecule has 1 aliphatic carbocycles. The van der Waals surface area contributed by atoms with E-state index >= 15 is 0 Å². The Morgan fingerprint density at radius 2 is 1.84 bits per heavy atom. The summed E-state index contributed by atoms with van der Waals surface area (Å²) >= 11 is 0. The number of alkyl halides is 3. The summed E-state index contributed by atoms with van der Waals surface area (Å²) in [6, 6.07) is 0. The lowest BCUT2D eigenvalue weighted by Gasteiger charge is -2.29. The van der Waals surface area contributed by atoms with Gasteiger partial charge in [-0.1, -0.05) is 6.42 Å². The first-order chi connectivity index (χ1) is 8.87. The fourth-order valence-electron chi connectivity index (χ4n) is 2.65. The van der Waals surface area contributed by atoms with Crippen molar-refractivity contribution in [3.8, 4) is 0 Å². The maximum absolute atomic E-state index is 12.0. The maximum Gasteiger partial charge on any atom is 0.390 e. The van der Waals surface area contributed by atoms with Gasteiger partial charge in [0.25, 0.3) is 0 Å². The van der Waals surface area contributed by atoms with Gasteiger partial charge in [-0.05, 0) is 51.0 Å². The Kier molecular flexibility index (Phi) is 7.17. The number of halogens is 3. The second kappa shape index (κ2) is 8.12. The molecule has 0 heterocycles. The molecule has 3 nitrogen and oxygen atoms in total. The van der Waals surface area contributed by atoms with Gasteiger partial charge in [0.1, 0.15) is 0 Å². The monoisotopic (exact) mass is 280 g/mol. The highest BCUT2D eigenvalue weighted by Gasteiger charge is 2.27. The van der Waals surface area contributed by atoms with E-state index in [-0.39, 0.29) is 6.54 Å². The third-order valence-electron chi connectivity index (χ3n) is 3.61. The van der Waals surface area contributed by atoms with Crippen LogP contribution in [0.2, 0.25) is 6.82 Å². The summed E-state index contributed by atoms with van der Waals surface area (Å²) < 4.78 is 36.0. The van der Waals surface area contributed by atoms with Crippen molar-refractivity contribution in [2.45, 2.75) is 45.1 Å². The minimum Gasteiger partial charge on any atom is -0.437 e. The van der Waals surface area contributed by atoms with E-state index in [1.807, 2.05) is 0 Å². The van der Waals surface area contributed by atoms with Crippen LogP contribution in [0.5, 0.6) is 0 Å². The summed E-state index contributed by atoms with van der Waals surface area (Å²) in [5.41, 5.74) is 0. The molecular weight excluding hydrogens is 256 g/mol. The van der Waals surface area contributed by atoms with Gasteiger partial charge in [0.15, 0.2) is 0 Å². The molecule has 2 atom stereocenters. The van der Waals surface area contributed by atoms with Gasteiger partial charge in [0.2, 0.25) is 0 Å². The van der Waals surface area contributed by atoms with Crippen molar-refractivity contribution in [2.75, 3.05) is 19.6 Å². The van der Waals surface area contributed by atoms with Crippen molar-refractivity contribution in [2.24, 2.45) is 11.8 Å². The highest BCUT2D eigenvalue weighted by Crippen LogP contribution is 2.28. The zero-order valence-electron chi connectivity index (χ0n) is 11.5. The van der Waals surface area contributed by atoms with Crippen LogP contribution in [-0.2, 0) is 0 Å². The second-order valence-corrected chi connectivity index (χ2v) is 5.55. The SMILES string of the molecule is CB(O)NC[C@@H]1CCC[C@H](CNCCC(F)(F)F)C1. The predicted octanol–water partition coefficient (Wildman–Crippen LogP) is 2.03. The Labute approximate surface area is 113 Å². The van der Waals surface area contributed by atoms with Crippen LogP contribution in [0.1, 0.15) is 32.1 Å². The van der Waals surface area contributed by atoms with Crippen LogP contribution in [0.15, 0.2) is 0 Å². The van der Waals surface area contributed by atoms with E-state index in [1.165, 1.54) is 0 Å². The van der Waals surface area contributed by atoms with E-state index in [1.54, 1.807) is 6.82 Å². The summed E-state index contributed by atoms with van der Waals surface area (Å²) in [4.78, 5) is 0. The molecule has 0 unspecified atom stereocenters. The zero-order valence-corrected chi connectivity index (χ0v) is 11.5. The summed E-state index contributed by atoms with van der Waals surface area (Å²) in [5.74, 6) is 0.987.